The zero-order valence-electron chi connectivity index (χ0n) is 15.4. The summed E-state index contributed by atoms with van der Waals surface area (Å²) in [6, 6.07) is 10.5. The van der Waals surface area contributed by atoms with Crippen molar-refractivity contribution in [1.29, 1.82) is 0 Å². The topological polar surface area (TPSA) is 78.5 Å². The molecule has 1 aliphatic rings. The molecule has 8 heteroatoms. The van der Waals surface area contributed by atoms with Crippen LogP contribution < -0.4 is 15.5 Å². The number of rotatable bonds is 4. The van der Waals surface area contributed by atoms with Gasteiger partial charge in [0.05, 0.1) is 17.3 Å². The number of benzene rings is 2. The van der Waals surface area contributed by atoms with Crippen LogP contribution in [0.4, 0.5) is 17.1 Å². The van der Waals surface area contributed by atoms with Crippen LogP contribution in [-0.2, 0) is 14.4 Å². The molecular formula is C20H19BrClN3O3. The Morgan fingerprint density at radius 2 is 1.89 bits per heavy atom. The molecule has 0 saturated carbocycles. The number of carbonyl (C=O) groups is 3. The summed E-state index contributed by atoms with van der Waals surface area (Å²) >= 11 is 9.47. The number of carbonyl (C=O) groups excluding carboxylic acids is 3. The molecule has 28 heavy (non-hydrogen) atoms. The summed E-state index contributed by atoms with van der Waals surface area (Å²) < 4.78 is 0.962. The van der Waals surface area contributed by atoms with E-state index in [-0.39, 0.29) is 24.1 Å². The first kappa shape index (κ1) is 20.4. The molecule has 0 radical (unpaired) electrons. The standard InChI is InChI=1S/C20H19BrClN3O3/c1-11-7-15(4-5-16(11)21)25-10-13(8-19(25)27)20(28)24-18-9-14(22)3-6-17(18)23-12(2)26/h3-7,9,13H,8,10H2,1-2H3,(H,23,26)(H,24,28). The Morgan fingerprint density at radius 1 is 1.14 bits per heavy atom. The first-order valence-electron chi connectivity index (χ1n) is 8.69. The predicted molar refractivity (Wildman–Crippen MR) is 114 cm³/mol. The number of halogens is 2. The molecule has 3 amide bonds. The van der Waals surface area contributed by atoms with Crippen molar-refractivity contribution >= 4 is 62.3 Å². The van der Waals surface area contributed by atoms with Crippen molar-refractivity contribution in [2.24, 2.45) is 5.92 Å². The third kappa shape index (κ3) is 4.54. The zero-order valence-corrected chi connectivity index (χ0v) is 17.7. The number of hydrogen-bond acceptors (Lipinski definition) is 3. The largest absolute Gasteiger partial charge is 0.325 e. The van der Waals surface area contributed by atoms with Gasteiger partial charge in [-0.05, 0) is 48.9 Å². The fraction of sp³-hybridized carbons (Fsp3) is 0.250. The van der Waals surface area contributed by atoms with Crippen molar-refractivity contribution in [3.8, 4) is 0 Å². The highest BCUT2D eigenvalue weighted by Gasteiger charge is 2.35. The van der Waals surface area contributed by atoms with Gasteiger partial charge in [-0.2, -0.15) is 0 Å². The average molecular weight is 465 g/mol. The summed E-state index contributed by atoms with van der Waals surface area (Å²) in [6.45, 7) is 3.62. The molecule has 2 aromatic carbocycles. The summed E-state index contributed by atoms with van der Waals surface area (Å²) in [5, 5.41) is 5.87. The van der Waals surface area contributed by atoms with Crippen LogP contribution >= 0.6 is 27.5 Å². The Kier molecular flexibility index (Phi) is 6.05. The predicted octanol–water partition coefficient (Wildman–Crippen LogP) is 4.36. The van der Waals surface area contributed by atoms with Gasteiger partial charge in [-0.3, -0.25) is 14.4 Å². The summed E-state index contributed by atoms with van der Waals surface area (Å²) in [6.07, 6.45) is 0.122. The average Bonchev–Trinajstić information content (AvgIpc) is 3.01. The maximum atomic E-state index is 12.8. The third-order valence-corrected chi connectivity index (χ3v) is 5.62. The lowest BCUT2D eigenvalue weighted by Gasteiger charge is -2.18. The summed E-state index contributed by atoms with van der Waals surface area (Å²) in [7, 11) is 0. The SMILES string of the molecule is CC(=O)Nc1ccc(Cl)cc1NC(=O)C1CC(=O)N(c2ccc(Br)c(C)c2)C1. The Balaban J connectivity index is 1.76. The van der Waals surface area contributed by atoms with Gasteiger partial charge < -0.3 is 15.5 Å². The molecule has 3 rings (SSSR count). The minimum atomic E-state index is -0.499. The van der Waals surface area contributed by atoms with Crippen molar-refractivity contribution in [3.63, 3.8) is 0 Å². The minimum Gasteiger partial charge on any atom is -0.325 e. The van der Waals surface area contributed by atoms with Crippen LogP contribution in [0.3, 0.4) is 0 Å². The summed E-state index contributed by atoms with van der Waals surface area (Å²) in [4.78, 5) is 38.2. The molecule has 6 nitrogen and oxygen atoms in total. The second-order valence-corrected chi connectivity index (χ2v) is 7.99. The molecule has 1 saturated heterocycles. The van der Waals surface area contributed by atoms with Crippen molar-refractivity contribution < 1.29 is 14.4 Å². The van der Waals surface area contributed by atoms with E-state index in [0.29, 0.717) is 22.9 Å². The Morgan fingerprint density at radius 3 is 2.57 bits per heavy atom. The van der Waals surface area contributed by atoms with Crippen LogP contribution in [-0.4, -0.2) is 24.3 Å². The Hall–Kier alpha value is -2.38. The van der Waals surface area contributed by atoms with E-state index in [1.807, 2.05) is 25.1 Å². The lowest BCUT2D eigenvalue weighted by Crippen LogP contribution is -2.28. The van der Waals surface area contributed by atoms with Crippen molar-refractivity contribution in [2.45, 2.75) is 20.3 Å². The van der Waals surface area contributed by atoms with Crippen LogP contribution in [0.2, 0.25) is 5.02 Å². The molecule has 0 aromatic heterocycles. The highest BCUT2D eigenvalue weighted by Crippen LogP contribution is 2.31. The van der Waals surface area contributed by atoms with Gasteiger partial charge in [-0.25, -0.2) is 0 Å². The molecule has 1 aliphatic heterocycles. The van der Waals surface area contributed by atoms with Crippen molar-refractivity contribution in [2.75, 3.05) is 22.1 Å². The fourth-order valence-corrected chi connectivity index (χ4v) is 3.50. The van der Waals surface area contributed by atoms with Gasteiger partial charge in [0.2, 0.25) is 17.7 Å². The van der Waals surface area contributed by atoms with Crippen LogP contribution in [0.15, 0.2) is 40.9 Å². The second kappa shape index (κ2) is 8.32. The number of aryl methyl sites for hydroxylation is 1. The number of hydrogen-bond donors (Lipinski definition) is 2. The molecular weight excluding hydrogens is 446 g/mol. The molecule has 2 aromatic rings. The second-order valence-electron chi connectivity index (χ2n) is 6.70. The zero-order chi connectivity index (χ0) is 20.4. The molecule has 1 unspecified atom stereocenters. The van der Waals surface area contributed by atoms with E-state index in [0.717, 1.165) is 15.7 Å². The number of amides is 3. The Labute approximate surface area is 176 Å². The molecule has 146 valence electrons. The number of nitrogens with zero attached hydrogens (tertiary/aromatic N) is 1. The van der Waals surface area contributed by atoms with E-state index >= 15 is 0 Å². The van der Waals surface area contributed by atoms with Gasteiger partial charge in [0.25, 0.3) is 0 Å². The molecule has 0 aliphatic carbocycles. The number of nitrogens with one attached hydrogen (secondary N) is 2. The maximum Gasteiger partial charge on any atom is 0.229 e. The highest BCUT2D eigenvalue weighted by molar-refractivity contribution is 9.10. The quantitative estimate of drug-likeness (QED) is 0.705. The maximum absolute atomic E-state index is 12.8. The van der Waals surface area contributed by atoms with Crippen LogP contribution in [0.25, 0.3) is 0 Å². The molecule has 2 N–H and O–H groups in total. The first-order valence-corrected chi connectivity index (χ1v) is 9.86. The van der Waals surface area contributed by atoms with Crippen molar-refractivity contribution in [3.05, 3.63) is 51.5 Å². The monoisotopic (exact) mass is 463 g/mol. The lowest BCUT2D eigenvalue weighted by molar-refractivity contribution is -0.122. The van der Waals surface area contributed by atoms with E-state index in [9.17, 15) is 14.4 Å². The van der Waals surface area contributed by atoms with Crippen LogP contribution in [0.1, 0.15) is 18.9 Å². The molecule has 1 fully saturated rings. The van der Waals surface area contributed by atoms with Gasteiger partial charge in [0.1, 0.15) is 0 Å². The van der Waals surface area contributed by atoms with E-state index in [2.05, 4.69) is 26.6 Å². The number of anilines is 3. The molecule has 0 bridgehead atoms. The van der Waals surface area contributed by atoms with Gasteiger partial charge in [-0.1, -0.05) is 27.5 Å². The van der Waals surface area contributed by atoms with E-state index < -0.39 is 5.92 Å². The van der Waals surface area contributed by atoms with E-state index in [1.54, 1.807) is 23.1 Å². The van der Waals surface area contributed by atoms with Gasteiger partial charge in [0, 0.05) is 35.1 Å². The van der Waals surface area contributed by atoms with Crippen molar-refractivity contribution in [1.82, 2.24) is 0 Å². The molecule has 0 spiro atoms. The smallest absolute Gasteiger partial charge is 0.229 e. The van der Waals surface area contributed by atoms with Crippen LogP contribution in [0, 0.1) is 12.8 Å². The Bertz CT molecular complexity index is 964. The third-order valence-electron chi connectivity index (χ3n) is 4.50. The first-order chi connectivity index (χ1) is 13.2. The minimum absolute atomic E-state index is 0.102. The van der Waals surface area contributed by atoms with E-state index in [4.69, 9.17) is 11.6 Å². The summed E-state index contributed by atoms with van der Waals surface area (Å²) in [5.74, 6) is -1.15. The van der Waals surface area contributed by atoms with E-state index in [1.165, 1.54) is 6.92 Å². The lowest BCUT2D eigenvalue weighted by atomic mass is 10.1. The van der Waals surface area contributed by atoms with Gasteiger partial charge in [-0.15, -0.1) is 0 Å². The molecule has 1 heterocycles. The van der Waals surface area contributed by atoms with Gasteiger partial charge >= 0.3 is 0 Å². The fourth-order valence-electron chi connectivity index (χ4n) is 3.08. The normalized spacial score (nSPS) is 16.2. The molecule has 1 atom stereocenters. The van der Waals surface area contributed by atoms with Crippen LogP contribution in [0.5, 0.6) is 0 Å². The van der Waals surface area contributed by atoms with Gasteiger partial charge in [0.15, 0.2) is 0 Å². The summed E-state index contributed by atoms with van der Waals surface area (Å²) in [5.41, 5.74) is 2.63. The highest BCUT2D eigenvalue weighted by atomic mass is 79.9.